The molecule has 4 aromatic carbocycles. The zero-order chi connectivity index (χ0) is 20.7. The third-order valence-electron chi connectivity index (χ3n) is 5.55. The van der Waals surface area contributed by atoms with Crippen molar-refractivity contribution >= 4 is 43.6 Å². The SMILES string of the molecule is NC(=O)c1cccc2c1c1ccc(-c3ccccc3)cc1n2Cc1ccccc1Br. The molecule has 0 spiro atoms. The van der Waals surface area contributed by atoms with E-state index in [-0.39, 0.29) is 0 Å². The maximum Gasteiger partial charge on any atom is 0.249 e. The van der Waals surface area contributed by atoms with Crippen LogP contribution in [0.4, 0.5) is 0 Å². The molecule has 0 fully saturated rings. The van der Waals surface area contributed by atoms with Crippen LogP contribution in [0.2, 0.25) is 0 Å². The fourth-order valence-electron chi connectivity index (χ4n) is 4.13. The van der Waals surface area contributed by atoms with Crippen LogP contribution >= 0.6 is 15.9 Å². The van der Waals surface area contributed by atoms with Crippen molar-refractivity contribution < 1.29 is 4.79 Å². The van der Waals surface area contributed by atoms with Crippen LogP contribution in [0.5, 0.6) is 0 Å². The van der Waals surface area contributed by atoms with E-state index in [9.17, 15) is 4.79 Å². The van der Waals surface area contributed by atoms with Gasteiger partial charge >= 0.3 is 0 Å². The number of benzene rings is 4. The molecule has 0 radical (unpaired) electrons. The van der Waals surface area contributed by atoms with E-state index < -0.39 is 5.91 Å². The lowest BCUT2D eigenvalue weighted by Crippen LogP contribution is -2.11. The Morgan fingerprint density at radius 1 is 0.800 bits per heavy atom. The molecule has 4 heteroatoms. The Kier molecular flexibility index (Phi) is 4.64. The number of hydrogen-bond acceptors (Lipinski definition) is 1. The molecule has 0 aliphatic carbocycles. The van der Waals surface area contributed by atoms with E-state index in [1.165, 1.54) is 5.56 Å². The number of primary amides is 1. The van der Waals surface area contributed by atoms with Crippen molar-refractivity contribution in [2.45, 2.75) is 6.54 Å². The third kappa shape index (κ3) is 3.10. The van der Waals surface area contributed by atoms with E-state index in [2.05, 4.69) is 63.0 Å². The number of amides is 1. The van der Waals surface area contributed by atoms with E-state index >= 15 is 0 Å². The number of nitrogens with two attached hydrogens (primary N) is 1. The number of carbonyl (C=O) groups is 1. The summed E-state index contributed by atoms with van der Waals surface area (Å²) in [6.45, 7) is 0.682. The molecule has 1 amide bonds. The van der Waals surface area contributed by atoms with Gasteiger partial charge in [0, 0.05) is 27.4 Å². The summed E-state index contributed by atoms with van der Waals surface area (Å²) in [6, 6.07) is 30.7. The van der Waals surface area contributed by atoms with Crippen LogP contribution < -0.4 is 5.73 Å². The molecule has 3 nitrogen and oxygen atoms in total. The second kappa shape index (κ2) is 7.47. The smallest absolute Gasteiger partial charge is 0.249 e. The highest BCUT2D eigenvalue weighted by Crippen LogP contribution is 2.35. The van der Waals surface area contributed by atoms with Crippen molar-refractivity contribution in [2.24, 2.45) is 5.73 Å². The number of nitrogens with zero attached hydrogens (tertiary/aromatic N) is 1. The van der Waals surface area contributed by atoms with Crippen molar-refractivity contribution in [1.82, 2.24) is 4.57 Å². The predicted molar refractivity (Wildman–Crippen MR) is 127 cm³/mol. The van der Waals surface area contributed by atoms with Crippen LogP contribution in [0.1, 0.15) is 15.9 Å². The van der Waals surface area contributed by atoms with Gasteiger partial charge in [0.2, 0.25) is 5.91 Å². The molecule has 0 unspecified atom stereocenters. The summed E-state index contributed by atoms with van der Waals surface area (Å²) >= 11 is 3.67. The van der Waals surface area contributed by atoms with Crippen molar-refractivity contribution in [1.29, 1.82) is 0 Å². The van der Waals surface area contributed by atoms with E-state index in [1.54, 1.807) is 6.07 Å². The number of fused-ring (bicyclic) bond motifs is 3. The lowest BCUT2D eigenvalue weighted by molar-refractivity contribution is 0.100. The molecule has 5 aromatic rings. The largest absolute Gasteiger partial charge is 0.366 e. The summed E-state index contributed by atoms with van der Waals surface area (Å²) in [5, 5.41) is 1.94. The maximum atomic E-state index is 12.2. The first kappa shape index (κ1) is 18.6. The summed E-state index contributed by atoms with van der Waals surface area (Å²) in [7, 11) is 0. The minimum Gasteiger partial charge on any atom is -0.366 e. The van der Waals surface area contributed by atoms with Crippen LogP contribution in [-0.2, 0) is 6.54 Å². The van der Waals surface area contributed by atoms with E-state index in [4.69, 9.17) is 5.73 Å². The maximum absolute atomic E-state index is 12.2. The van der Waals surface area contributed by atoms with Gasteiger partial charge in [-0.05, 0) is 41.0 Å². The molecule has 0 aliphatic heterocycles. The first-order valence-corrected chi connectivity index (χ1v) is 10.6. The highest BCUT2D eigenvalue weighted by atomic mass is 79.9. The quantitative estimate of drug-likeness (QED) is 0.336. The minimum absolute atomic E-state index is 0.410. The lowest BCUT2D eigenvalue weighted by atomic mass is 10.0. The van der Waals surface area contributed by atoms with Crippen LogP contribution in [0.25, 0.3) is 32.9 Å². The van der Waals surface area contributed by atoms with Gasteiger partial charge in [-0.25, -0.2) is 0 Å². The molecule has 0 saturated heterocycles. The van der Waals surface area contributed by atoms with E-state index in [0.29, 0.717) is 12.1 Å². The van der Waals surface area contributed by atoms with Crippen molar-refractivity contribution in [3.8, 4) is 11.1 Å². The lowest BCUT2D eigenvalue weighted by Gasteiger charge is -2.10. The Bertz CT molecular complexity index is 1400. The number of hydrogen-bond donors (Lipinski definition) is 1. The molecule has 0 bridgehead atoms. The zero-order valence-electron chi connectivity index (χ0n) is 16.2. The Balaban J connectivity index is 1.83. The van der Waals surface area contributed by atoms with Gasteiger partial charge in [0.25, 0.3) is 0 Å². The molecule has 0 atom stereocenters. The molecule has 2 N–H and O–H groups in total. The normalized spacial score (nSPS) is 11.2. The number of halogens is 1. The summed E-state index contributed by atoms with van der Waals surface area (Å²) in [4.78, 5) is 12.2. The van der Waals surface area contributed by atoms with Gasteiger partial charge in [0.05, 0.1) is 11.0 Å². The van der Waals surface area contributed by atoms with Crippen molar-refractivity contribution in [3.05, 3.63) is 107 Å². The summed E-state index contributed by atoms with van der Waals surface area (Å²) in [5.74, 6) is -0.410. The Labute approximate surface area is 182 Å². The fraction of sp³-hybridized carbons (Fsp3) is 0.0385. The molecular formula is C26H19BrN2O. The van der Waals surface area contributed by atoms with Crippen molar-refractivity contribution in [3.63, 3.8) is 0 Å². The van der Waals surface area contributed by atoms with Crippen LogP contribution in [0.3, 0.4) is 0 Å². The average molecular weight is 455 g/mol. The minimum atomic E-state index is -0.410. The molecule has 0 aliphatic rings. The van der Waals surface area contributed by atoms with E-state index in [0.717, 1.165) is 37.4 Å². The number of rotatable bonds is 4. The zero-order valence-corrected chi connectivity index (χ0v) is 17.8. The third-order valence-corrected chi connectivity index (χ3v) is 6.32. The first-order valence-electron chi connectivity index (χ1n) is 9.77. The molecule has 146 valence electrons. The highest BCUT2D eigenvalue weighted by Gasteiger charge is 2.17. The van der Waals surface area contributed by atoms with Gasteiger partial charge in [0.15, 0.2) is 0 Å². The Morgan fingerprint density at radius 2 is 1.57 bits per heavy atom. The molecular weight excluding hydrogens is 436 g/mol. The molecule has 1 aromatic heterocycles. The molecule has 1 heterocycles. The van der Waals surface area contributed by atoms with Crippen molar-refractivity contribution in [2.75, 3.05) is 0 Å². The topological polar surface area (TPSA) is 48.0 Å². The standard InChI is InChI=1S/C26H19BrN2O/c27-22-11-5-4-9-19(22)16-29-23-12-6-10-21(26(28)30)25(23)20-14-13-18(15-24(20)29)17-7-2-1-3-8-17/h1-15H,16H2,(H2,28,30). The van der Waals surface area contributed by atoms with Crippen LogP contribution in [0.15, 0.2) is 95.5 Å². The Hall–Kier alpha value is -3.37. The summed E-state index contributed by atoms with van der Waals surface area (Å²) in [5.41, 5.74) is 11.8. The van der Waals surface area contributed by atoms with Crippen LogP contribution in [-0.4, -0.2) is 10.5 Å². The molecule has 30 heavy (non-hydrogen) atoms. The van der Waals surface area contributed by atoms with Gasteiger partial charge in [0.1, 0.15) is 0 Å². The van der Waals surface area contributed by atoms with Gasteiger partial charge in [-0.1, -0.05) is 82.7 Å². The van der Waals surface area contributed by atoms with Gasteiger partial charge in [-0.2, -0.15) is 0 Å². The number of aromatic nitrogens is 1. The van der Waals surface area contributed by atoms with Crippen LogP contribution in [0, 0.1) is 0 Å². The number of carbonyl (C=O) groups excluding carboxylic acids is 1. The van der Waals surface area contributed by atoms with Gasteiger partial charge in [-0.15, -0.1) is 0 Å². The van der Waals surface area contributed by atoms with Gasteiger partial charge in [-0.3, -0.25) is 4.79 Å². The monoisotopic (exact) mass is 454 g/mol. The first-order chi connectivity index (χ1) is 14.6. The summed E-state index contributed by atoms with van der Waals surface area (Å²) < 4.78 is 3.33. The predicted octanol–water partition coefficient (Wildman–Crippen LogP) is 6.37. The van der Waals surface area contributed by atoms with E-state index in [1.807, 2.05) is 42.5 Å². The molecule has 5 rings (SSSR count). The molecule has 0 saturated carbocycles. The average Bonchev–Trinajstić information content (AvgIpc) is 3.09. The fourth-order valence-corrected chi connectivity index (χ4v) is 4.54. The Morgan fingerprint density at radius 3 is 2.33 bits per heavy atom. The second-order valence-corrected chi connectivity index (χ2v) is 8.19. The summed E-state index contributed by atoms with van der Waals surface area (Å²) in [6.07, 6.45) is 0. The van der Waals surface area contributed by atoms with Gasteiger partial charge < -0.3 is 10.3 Å². The second-order valence-electron chi connectivity index (χ2n) is 7.34. The highest BCUT2D eigenvalue weighted by molar-refractivity contribution is 9.10.